The number of ether oxygens (including phenoxy) is 1. The molecule has 1 unspecified atom stereocenters. The Kier molecular flexibility index (Phi) is 4.00. The van der Waals surface area contributed by atoms with E-state index in [1.54, 1.807) is 11.0 Å². The molecule has 1 atom stereocenters. The molecule has 0 saturated carbocycles. The molecule has 124 valence electrons. The Bertz CT molecular complexity index is 720. The molecule has 2 heterocycles. The second-order valence-electron chi connectivity index (χ2n) is 7.05. The summed E-state index contributed by atoms with van der Waals surface area (Å²) in [5, 5.41) is 0. The molecule has 0 spiro atoms. The van der Waals surface area contributed by atoms with Crippen LogP contribution in [0.2, 0.25) is 0 Å². The molecular formula is C17H22FN3O2. The van der Waals surface area contributed by atoms with Gasteiger partial charge in [0.1, 0.15) is 17.2 Å². The minimum absolute atomic E-state index is 0.117. The van der Waals surface area contributed by atoms with Crippen molar-refractivity contribution in [2.24, 2.45) is 0 Å². The number of nitrogens with zero attached hydrogens (tertiary/aromatic N) is 2. The number of nitrogens with one attached hydrogen (secondary N) is 1. The second kappa shape index (κ2) is 5.83. The van der Waals surface area contributed by atoms with Gasteiger partial charge in [0.2, 0.25) is 0 Å². The number of imidazole rings is 1. The summed E-state index contributed by atoms with van der Waals surface area (Å²) in [6.45, 7) is 6.85. The van der Waals surface area contributed by atoms with Crippen molar-refractivity contribution in [3.05, 3.63) is 29.8 Å². The molecule has 1 aliphatic rings. The van der Waals surface area contributed by atoms with Crippen LogP contribution in [-0.4, -0.2) is 39.7 Å². The maximum Gasteiger partial charge on any atom is 0.410 e. The number of hydrogen-bond donors (Lipinski definition) is 1. The van der Waals surface area contributed by atoms with Crippen LogP contribution < -0.4 is 0 Å². The summed E-state index contributed by atoms with van der Waals surface area (Å²) in [6.07, 6.45) is 1.56. The highest BCUT2D eigenvalue weighted by Gasteiger charge is 2.29. The van der Waals surface area contributed by atoms with E-state index in [2.05, 4.69) is 9.97 Å². The zero-order valence-corrected chi connectivity index (χ0v) is 13.7. The van der Waals surface area contributed by atoms with Gasteiger partial charge in [-0.25, -0.2) is 14.2 Å². The van der Waals surface area contributed by atoms with E-state index >= 15 is 0 Å². The highest BCUT2D eigenvalue weighted by atomic mass is 19.1. The van der Waals surface area contributed by atoms with Gasteiger partial charge in [-0.05, 0) is 51.8 Å². The van der Waals surface area contributed by atoms with Gasteiger partial charge in [-0.2, -0.15) is 0 Å². The van der Waals surface area contributed by atoms with E-state index in [0.29, 0.717) is 18.6 Å². The first-order valence-electron chi connectivity index (χ1n) is 7.95. The molecule has 0 bridgehead atoms. The van der Waals surface area contributed by atoms with Gasteiger partial charge >= 0.3 is 6.09 Å². The molecule has 0 aliphatic carbocycles. The van der Waals surface area contributed by atoms with Crippen molar-refractivity contribution in [3.63, 3.8) is 0 Å². The molecular weight excluding hydrogens is 297 g/mol. The predicted molar refractivity (Wildman–Crippen MR) is 85.8 cm³/mol. The average molecular weight is 319 g/mol. The normalized spacial score (nSPS) is 19.1. The van der Waals surface area contributed by atoms with Crippen LogP contribution >= 0.6 is 0 Å². The molecule has 23 heavy (non-hydrogen) atoms. The monoisotopic (exact) mass is 319 g/mol. The molecule has 3 rings (SSSR count). The first kappa shape index (κ1) is 15.8. The van der Waals surface area contributed by atoms with Crippen molar-refractivity contribution in [2.75, 3.05) is 13.1 Å². The lowest BCUT2D eigenvalue weighted by Crippen LogP contribution is -2.42. The summed E-state index contributed by atoms with van der Waals surface area (Å²) < 4.78 is 18.7. The lowest BCUT2D eigenvalue weighted by molar-refractivity contribution is 0.0196. The summed E-state index contributed by atoms with van der Waals surface area (Å²) in [5.41, 5.74) is 0.936. The molecule has 0 radical (unpaired) electrons. The summed E-state index contributed by atoms with van der Waals surface area (Å²) in [5.74, 6) is 0.636. The van der Waals surface area contributed by atoms with Crippen LogP contribution in [0.25, 0.3) is 11.0 Å². The molecule has 1 fully saturated rings. The Labute approximate surface area is 134 Å². The van der Waals surface area contributed by atoms with E-state index < -0.39 is 5.60 Å². The molecule has 1 saturated heterocycles. The zero-order chi connectivity index (χ0) is 16.6. The van der Waals surface area contributed by atoms with Gasteiger partial charge in [0, 0.05) is 19.0 Å². The number of fused-ring (bicyclic) bond motifs is 1. The first-order valence-corrected chi connectivity index (χ1v) is 7.95. The quantitative estimate of drug-likeness (QED) is 0.869. The maximum atomic E-state index is 13.3. The zero-order valence-electron chi connectivity index (χ0n) is 13.7. The largest absolute Gasteiger partial charge is 0.444 e. The summed E-state index contributed by atoms with van der Waals surface area (Å²) in [4.78, 5) is 21.7. The van der Waals surface area contributed by atoms with Gasteiger partial charge in [0.15, 0.2) is 0 Å². The molecule has 1 N–H and O–H groups in total. The van der Waals surface area contributed by atoms with Gasteiger partial charge in [-0.1, -0.05) is 0 Å². The Morgan fingerprint density at radius 1 is 1.43 bits per heavy atom. The number of H-pyrrole nitrogens is 1. The number of carbonyl (C=O) groups is 1. The van der Waals surface area contributed by atoms with Crippen LogP contribution in [0.15, 0.2) is 18.2 Å². The smallest absolute Gasteiger partial charge is 0.410 e. The van der Waals surface area contributed by atoms with Gasteiger partial charge in [-0.15, -0.1) is 0 Å². The Balaban J connectivity index is 1.75. The summed E-state index contributed by atoms with van der Waals surface area (Å²) in [7, 11) is 0. The standard InChI is InChI=1S/C17H22FN3O2/c1-17(2,3)23-16(22)21-8-4-5-11(10-21)15-19-13-7-6-12(18)9-14(13)20-15/h6-7,9,11H,4-5,8,10H2,1-3H3,(H,19,20). The number of hydrogen-bond acceptors (Lipinski definition) is 3. The fourth-order valence-corrected chi connectivity index (χ4v) is 2.89. The van der Waals surface area contributed by atoms with Crippen molar-refractivity contribution in [3.8, 4) is 0 Å². The van der Waals surface area contributed by atoms with E-state index in [4.69, 9.17) is 4.74 Å². The summed E-state index contributed by atoms with van der Waals surface area (Å²) >= 11 is 0. The lowest BCUT2D eigenvalue weighted by Gasteiger charge is -2.33. The number of rotatable bonds is 1. The number of benzene rings is 1. The van der Waals surface area contributed by atoms with Crippen LogP contribution in [0.3, 0.4) is 0 Å². The van der Waals surface area contributed by atoms with E-state index in [0.717, 1.165) is 24.2 Å². The van der Waals surface area contributed by atoms with Crippen molar-refractivity contribution < 1.29 is 13.9 Å². The van der Waals surface area contributed by atoms with Crippen molar-refractivity contribution >= 4 is 17.1 Å². The maximum absolute atomic E-state index is 13.3. The number of aromatic nitrogens is 2. The highest BCUT2D eigenvalue weighted by Crippen LogP contribution is 2.27. The van der Waals surface area contributed by atoms with Gasteiger partial charge in [-0.3, -0.25) is 0 Å². The average Bonchev–Trinajstić information content (AvgIpc) is 2.88. The topological polar surface area (TPSA) is 58.2 Å². The van der Waals surface area contributed by atoms with E-state index in [-0.39, 0.29) is 17.8 Å². The second-order valence-corrected chi connectivity index (χ2v) is 7.05. The van der Waals surface area contributed by atoms with E-state index in [1.807, 2.05) is 20.8 Å². The third-order valence-electron chi connectivity index (χ3n) is 3.92. The third-order valence-corrected chi connectivity index (χ3v) is 3.92. The molecule has 1 aliphatic heterocycles. The number of likely N-dealkylation sites (tertiary alicyclic amines) is 1. The molecule has 1 amide bonds. The molecule has 5 nitrogen and oxygen atoms in total. The first-order chi connectivity index (χ1) is 10.8. The Morgan fingerprint density at radius 3 is 2.96 bits per heavy atom. The number of piperidine rings is 1. The van der Waals surface area contributed by atoms with Crippen molar-refractivity contribution in [2.45, 2.75) is 45.1 Å². The summed E-state index contributed by atoms with van der Waals surface area (Å²) in [6, 6.07) is 4.51. The molecule has 1 aromatic carbocycles. The minimum Gasteiger partial charge on any atom is -0.444 e. The van der Waals surface area contributed by atoms with Gasteiger partial charge < -0.3 is 14.6 Å². The fraction of sp³-hybridized carbons (Fsp3) is 0.529. The third kappa shape index (κ3) is 3.63. The Morgan fingerprint density at radius 2 is 2.22 bits per heavy atom. The number of carbonyl (C=O) groups excluding carboxylic acids is 1. The van der Waals surface area contributed by atoms with Gasteiger partial charge in [0.25, 0.3) is 0 Å². The van der Waals surface area contributed by atoms with Crippen LogP contribution in [0.1, 0.15) is 45.4 Å². The SMILES string of the molecule is CC(C)(C)OC(=O)N1CCCC(c2nc3ccc(F)cc3[nH]2)C1. The van der Waals surface area contributed by atoms with Crippen molar-refractivity contribution in [1.82, 2.24) is 14.9 Å². The Hall–Kier alpha value is -2.11. The predicted octanol–water partition coefficient (Wildman–Crippen LogP) is 3.82. The van der Waals surface area contributed by atoms with Crippen LogP contribution in [0, 0.1) is 5.82 Å². The minimum atomic E-state index is -0.499. The van der Waals surface area contributed by atoms with Crippen LogP contribution in [0.5, 0.6) is 0 Å². The van der Waals surface area contributed by atoms with Crippen LogP contribution in [-0.2, 0) is 4.74 Å². The number of amides is 1. The number of halogens is 1. The lowest BCUT2D eigenvalue weighted by atomic mass is 9.98. The molecule has 6 heteroatoms. The van der Waals surface area contributed by atoms with E-state index in [9.17, 15) is 9.18 Å². The van der Waals surface area contributed by atoms with E-state index in [1.165, 1.54) is 12.1 Å². The number of aromatic amines is 1. The highest BCUT2D eigenvalue weighted by molar-refractivity contribution is 5.75. The molecule has 1 aromatic heterocycles. The van der Waals surface area contributed by atoms with Crippen molar-refractivity contribution in [1.29, 1.82) is 0 Å². The van der Waals surface area contributed by atoms with Crippen LogP contribution in [0.4, 0.5) is 9.18 Å². The fourth-order valence-electron chi connectivity index (χ4n) is 2.89. The molecule has 2 aromatic rings. The van der Waals surface area contributed by atoms with Gasteiger partial charge in [0.05, 0.1) is 11.0 Å².